The van der Waals surface area contributed by atoms with Crippen molar-refractivity contribution >= 4 is 70.5 Å². The number of ketones is 4. The van der Waals surface area contributed by atoms with Crippen molar-refractivity contribution < 1.29 is 82.2 Å². The van der Waals surface area contributed by atoms with Crippen molar-refractivity contribution in [3.8, 4) is 0 Å². The van der Waals surface area contributed by atoms with Gasteiger partial charge in [0.1, 0.15) is 42.4 Å². The third-order valence-corrected chi connectivity index (χ3v) is 11.7. The number of unbranched alkanes of at least 4 members (excludes halogenated alkanes) is 7. The number of nitrogens with one attached hydrogen (secondary N) is 4. The van der Waals surface area contributed by atoms with Gasteiger partial charge in [-0.2, -0.15) is 11.8 Å². The van der Waals surface area contributed by atoms with E-state index in [-0.39, 0.29) is 204 Å². The number of nitrogens with two attached hydrogens (primary N) is 1. The molecule has 74 heavy (non-hydrogen) atoms. The number of aliphatic carboxylic acids is 2. The molecule has 4 amide bonds. The van der Waals surface area contributed by atoms with E-state index in [0.29, 0.717) is 31.4 Å². The Morgan fingerprint density at radius 2 is 1.05 bits per heavy atom. The molecule has 0 aromatic heterocycles. The molecule has 0 rings (SSSR count). The summed E-state index contributed by atoms with van der Waals surface area (Å²) >= 11 is 1.31. The second-order valence-electron chi connectivity index (χ2n) is 16.9. The van der Waals surface area contributed by atoms with Gasteiger partial charge in [0.25, 0.3) is 0 Å². The van der Waals surface area contributed by atoms with E-state index in [0.717, 1.165) is 38.5 Å². The fraction of sp³-hybridized carbons (Fsp3) is 0.804. The summed E-state index contributed by atoms with van der Waals surface area (Å²) in [4.78, 5) is 117. The Balaban J connectivity index is -0.00000165. The Hall–Kier alpha value is -4.39. The van der Waals surface area contributed by atoms with Crippen LogP contribution in [0.15, 0.2) is 0 Å². The smallest absolute Gasteiger partial charge is 0.326 e. The van der Waals surface area contributed by atoms with Crippen molar-refractivity contribution in [1.82, 2.24) is 21.3 Å². The fourth-order valence-corrected chi connectivity index (χ4v) is 7.13. The summed E-state index contributed by atoms with van der Waals surface area (Å²) in [5.74, 6) is -4.14. The number of carboxylic acid groups (broad SMARTS) is 2. The molecule has 0 radical (unpaired) electrons. The maximum Gasteiger partial charge on any atom is 0.326 e. The molecule has 0 unspecified atom stereocenters. The lowest BCUT2D eigenvalue weighted by Gasteiger charge is -2.16. The molecule has 0 aromatic carbocycles. The first-order valence-corrected chi connectivity index (χ1v) is 25.8. The van der Waals surface area contributed by atoms with Crippen molar-refractivity contribution in [3.63, 3.8) is 0 Å². The van der Waals surface area contributed by atoms with Gasteiger partial charge in [0.15, 0.2) is 0 Å². The highest BCUT2D eigenvalue weighted by molar-refractivity contribution is 7.99. The first-order valence-electron chi connectivity index (χ1n) is 24.7. The molecule has 4 atom stereocenters. The van der Waals surface area contributed by atoms with E-state index < -0.39 is 23.9 Å². The number of amides is 4. The monoisotopic (exact) mass is 1080 g/mol. The molecule has 0 aliphatic carbocycles. The Morgan fingerprint density at radius 3 is 1.54 bits per heavy atom. The molecular weight excluding hydrogens is 987 g/mol. The largest absolute Gasteiger partial charge is 0.481 e. The van der Waals surface area contributed by atoms with E-state index in [1.54, 1.807) is 6.92 Å². The lowest BCUT2D eigenvalue weighted by atomic mass is 9.92. The lowest BCUT2D eigenvalue weighted by Crippen LogP contribution is -2.41. The van der Waals surface area contributed by atoms with E-state index in [9.17, 15) is 58.2 Å². The molecular formula is C51H97N5O17S. The van der Waals surface area contributed by atoms with Crippen molar-refractivity contribution in [1.29, 1.82) is 0 Å². The molecule has 22 nitrogen and oxygen atoms in total. The minimum atomic E-state index is -1.19. The van der Waals surface area contributed by atoms with Crippen molar-refractivity contribution in [2.45, 2.75) is 165 Å². The molecule has 0 spiro atoms. The Kier molecular flexibility index (Phi) is 56.7. The van der Waals surface area contributed by atoms with Gasteiger partial charge in [-0.15, -0.1) is 0 Å². The van der Waals surface area contributed by atoms with Crippen LogP contribution >= 0.6 is 11.8 Å². The van der Waals surface area contributed by atoms with Crippen LogP contribution in [0.4, 0.5) is 0 Å². The zero-order valence-corrected chi connectivity index (χ0v) is 43.4. The van der Waals surface area contributed by atoms with Gasteiger partial charge in [0, 0.05) is 75.9 Å². The highest BCUT2D eigenvalue weighted by Crippen LogP contribution is 2.18. The minimum absolute atomic E-state index is 0. The molecule has 23 heteroatoms. The van der Waals surface area contributed by atoms with Gasteiger partial charge >= 0.3 is 11.9 Å². The maximum absolute atomic E-state index is 12.5. The summed E-state index contributed by atoms with van der Waals surface area (Å²) in [7, 11) is 0. The number of aliphatic hydroxyl groups excluding tert-OH is 1. The molecule has 0 heterocycles. The van der Waals surface area contributed by atoms with Gasteiger partial charge < -0.3 is 61.3 Å². The SMILES string of the molecule is C.C.C.CC(=O)[C@H](C)N.CC[C@@H](CSCC(=O)NCCNC(=O)COCCOCCNC(=O)COCCOCCCC(=O)CC[C@H](NC(=O)CCCCCCCCCCC(=O)O)C(=O)O)C(=O)C[C@@H](CO)C(C)=O. The Morgan fingerprint density at radius 1 is 0.568 bits per heavy atom. The summed E-state index contributed by atoms with van der Waals surface area (Å²) < 4.78 is 21.4. The number of carbonyl (C=O) groups excluding carboxylic acids is 8. The van der Waals surface area contributed by atoms with Crippen LogP contribution in [0.1, 0.15) is 153 Å². The number of carbonyl (C=O) groups is 10. The number of Topliss-reactive ketones (excluding diaryl/α,β-unsaturated/α-hetero) is 4. The Bertz CT molecular complexity index is 1560. The van der Waals surface area contributed by atoms with E-state index in [4.69, 9.17) is 29.8 Å². The van der Waals surface area contributed by atoms with E-state index >= 15 is 0 Å². The molecule has 0 aliphatic heterocycles. The zero-order chi connectivity index (χ0) is 53.7. The number of thioether (sulfide) groups is 1. The number of rotatable bonds is 47. The molecule has 0 saturated carbocycles. The highest BCUT2D eigenvalue weighted by Gasteiger charge is 2.24. The number of aliphatic hydroxyl groups is 1. The predicted octanol–water partition coefficient (Wildman–Crippen LogP) is 3.83. The molecule has 0 saturated heterocycles. The van der Waals surface area contributed by atoms with Crippen molar-refractivity contribution in [2.24, 2.45) is 17.6 Å². The standard InChI is InChI=1S/C44H76N4O16S.C4H9NO.3CH4/c1-3-34(38(52)27-35(28-49)33(2)50)31-65-32-42(56)46-19-18-45-40(54)29-64-26-24-62-22-20-47-41(55)30-63-25-23-61-21-12-13-36(51)16-17-37(44(59)60)48-39(53)14-10-8-6-4-5-7-9-11-15-43(57)58;1-3(5)4(2)6;;;/h34-35,37,49H,3-32H2,1-2H3,(H,45,54)(H,46,56)(H,47,55)(H,48,53)(H,57,58)(H,59,60);3H,5H2,1-2H3;3*1H4/t34-,35-,37-;3-;;;/m00.../s1. The molecule has 434 valence electrons. The number of hydrogen-bond acceptors (Lipinski definition) is 17. The van der Waals surface area contributed by atoms with Crippen LogP contribution in [0.3, 0.4) is 0 Å². The average molecular weight is 1080 g/mol. The summed E-state index contributed by atoms with van der Waals surface area (Å²) in [6.07, 6.45) is 8.63. The van der Waals surface area contributed by atoms with Crippen LogP contribution in [-0.4, -0.2) is 177 Å². The average Bonchev–Trinajstić information content (AvgIpc) is 3.31. The van der Waals surface area contributed by atoms with Crippen molar-refractivity contribution in [3.05, 3.63) is 0 Å². The zero-order valence-electron chi connectivity index (χ0n) is 42.6. The molecule has 0 fully saturated rings. The van der Waals surface area contributed by atoms with Crippen LogP contribution in [-0.2, 0) is 66.9 Å². The first kappa shape index (κ1) is 78.5. The van der Waals surface area contributed by atoms with Crippen LogP contribution < -0.4 is 27.0 Å². The number of carboxylic acids is 2. The van der Waals surface area contributed by atoms with Crippen molar-refractivity contribution in [2.75, 3.05) is 90.6 Å². The number of ether oxygens (including phenoxy) is 4. The second kappa shape index (κ2) is 53.4. The predicted molar refractivity (Wildman–Crippen MR) is 286 cm³/mol. The van der Waals surface area contributed by atoms with E-state index in [1.807, 2.05) is 6.92 Å². The van der Waals surface area contributed by atoms with Gasteiger partial charge in [0.05, 0.1) is 51.4 Å². The normalized spacial score (nSPS) is 12.0. The van der Waals surface area contributed by atoms with Crippen LogP contribution in [0.5, 0.6) is 0 Å². The molecule has 0 bridgehead atoms. The van der Waals surface area contributed by atoms with Gasteiger partial charge in [-0.25, -0.2) is 4.79 Å². The highest BCUT2D eigenvalue weighted by atomic mass is 32.2. The van der Waals surface area contributed by atoms with Gasteiger partial charge in [-0.05, 0) is 52.9 Å². The van der Waals surface area contributed by atoms with Crippen LogP contribution in [0.25, 0.3) is 0 Å². The first-order chi connectivity index (χ1) is 33.8. The lowest BCUT2D eigenvalue weighted by molar-refractivity contribution is -0.142. The van der Waals surface area contributed by atoms with Crippen LogP contribution in [0, 0.1) is 11.8 Å². The topological polar surface area (TPSA) is 342 Å². The third-order valence-electron chi connectivity index (χ3n) is 10.6. The fourth-order valence-electron chi connectivity index (χ4n) is 6.02. The Labute approximate surface area is 445 Å². The summed E-state index contributed by atoms with van der Waals surface area (Å²) in [6.45, 7) is 7.49. The maximum atomic E-state index is 12.5. The van der Waals surface area contributed by atoms with Gasteiger partial charge in [-0.3, -0.25) is 43.2 Å². The summed E-state index contributed by atoms with van der Waals surface area (Å²) in [6, 6.07) is -1.42. The molecule has 0 aromatic rings. The quantitative estimate of drug-likeness (QED) is 0.0401. The molecule has 0 aliphatic rings. The summed E-state index contributed by atoms with van der Waals surface area (Å²) in [5.41, 5.74) is 5.09. The molecule has 9 N–H and O–H groups in total. The van der Waals surface area contributed by atoms with Crippen LogP contribution in [0.2, 0.25) is 0 Å². The van der Waals surface area contributed by atoms with Gasteiger partial charge in [-0.1, -0.05) is 67.7 Å². The minimum Gasteiger partial charge on any atom is -0.481 e. The van der Waals surface area contributed by atoms with Gasteiger partial charge in [0.2, 0.25) is 23.6 Å². The van der Waals surface area contributed by atoms with E-state index in [2.05, 4.69) is 21.3 Å². The second-order valence-corrected chi connectivity index (χ2v) is 18.0. The summed E-state index contributed by atoms with van der Waals surface area (Å²) in [5, 5.41) is 37.9. The van der Waals surface area contributed by atoms with E-state index in [1.165, 1.54) is 25.6 Å². The third kappa shape index (κ3) is 51.1. The number of hydrogen-bond donors (Lipinski definition) is 8.